The molecule has 2 aromatic carbocycles. The van der Waals surface area contributed by atoms with Crippen LogP contribution in [0.25, 0.3) is 10.1 Å². The number of fused-ring (bicyclic) bond motifs is 1. The van der Waals surface area contributed by atoms with E-state index in [0.717, 1.165) is 21.4 Å². The molecule has 0 fully saturated rings. The Labute approximate surface area is 148 Å². The van der Waals surface area contributed by atoms with Gasteiger partial charge in [-0.15, -0.1) is 11.3 Å². The lowest BCUT2D eigenvalue weighted by Gasteiger charge is -1.98. The molecule has 0 spiro atoms. The van der Waals surface area contributed by atoms with Crippen LogP contribution in [0, 0.1) is 6.92 Å². The number of benzene rings is 2. The number of methoxy groups -OCH3 is 1. The van der Waals surface area contributed by atoms with E-state index in [2.05, 4.69) is 10.5 Å². The Kier molecular flexibility index (Phi) is 4.83. The molecule has 24 heavy (non-hydrogen) atoms. The molecule has 4 nitrogen and oxygen atoms in total. The van der Waals surface area contributed by atoms with Gasteiger partial charge in [-0.1, -0.05) is 41.4 Å². The lowest BCUT2D eigenvalue weighted by Crippen LogP contribution is -2.16. The summed E-state index contributed by atoms with van der Waals surface area (Å²) in [4.78, 5) is 12.7. The molecule has 0 aliphatic rings. The molecule has 1 amide bonds. The Morgan fingerprint density at radius 2 is 2.00 bits per heavy atom. The van der Waals surface area contributed by atoms with Crippen molar-refractivity contribution in [2.45, 2.75) is 6.92 Å². The molecule has 1 heterocycles. The molecule has 122 valence electrons. The zero-order valence-electron chi connectivity index (χ0n) is 13.2. The quantitative estimate of drug-likeness (QED) is 0.545. The van der Waals surface area contributed by atoms with Crippen molar-refractivity contribution in [2.24, 2.45) is 5.10 Å². The molecule has 0 aliphatic carbocycles. The highest BCUT2D eigenvalue weighted by molar-refractivity contribution is 7.21. The summed E-state index contributed by atoms with van der Waals surface area (Å²) in [5.41, 5.74) is 4.60. The average Bonchev–Trinajstić information content (AvgIpc) is 2.93. The number of thiophene rings is 1. The van der Waals surface area contributed by atoms with Crippen molar-refractivity contribution in [1.82, 2.24) is 5.43 Å². The van der Waals surface area contributed by atoms with Crippen LogP contribution in [0.15, 0.2) is 47.6 Å². The highest BCUT2D eigenvalue weighted by atomic mass is 35.5. The van der Waals surface area contributed by atoms with Gasteiger partial charge in [0.15, 0.2) is 0 Å². The number of hydrogen-bond donors (Lipinski definition) is 1. The molecular formula is C18H15ClN2O2S. The third kappa shape index (κ3) is 3.42. The van der Waals surface area contributed by atoms with Crippen LogP contribution in [0.4, 0.5) is 0 Å². The van der Waals surface area contributed by atoms with E-state index in [1.807, 2.05) is 49.4 Å². The van der Waals surface area contributed by atoms with Gasteiger partial charge in [-0.2, -0.15) is 5.10 Å². The third-order valence-corrected chi connectivity index (χ3v) is 5.16. The fourth-order valence-corrected chi connectivity index (χ4v) is 3.62. The molecule has 1 aromatic heterocycles. The van der Waals surface area contributed by atoms with Crippen LogP contribution in [0.1, 0.15) is 20.8 Å². The smallest absolute Gasteiger partial charge is 0.283 e. The van der Waals surface area contributed by atoms with E-state index in [1.54, 1.807) is 13.3 Å². The number of nitrogens with one attached hydrogen (secondary N) is 1. The minimum absolute atomic E-state index is 0.330. The second kappa shape index (κ2) is 7.03. The van der Waals surface area contributed by atoms with Gasteiger partial charge in [0.1, 0.15) is 10.6 Å². The van der Waals surface area contributed by atoms with Crippen LogP contribution >= 0.6 is 22.9 Å². The summed E-state index contributed by atoms with van der Waals surface area (Å²) in [5.74, 6) is 0.397. The first-order valence-electron chi connectivity index (χ1n) is 7.24. The lowest BCUT2D eigenvalue weighted by molar-refractivity contribution is 0.0959. The predicted molar refractivity (Wildman–Crippen MR) is 99.6 cm³/mol. The van der Waals surface area contributed by atoms with Crippen LogP contribution in [-0.4, -0.2) is 19.2 Å². The standard InChI is InChI=1S/C18H15ClN2O2S/c1-11-3-5-12(6-4-11)10-20-21-18(22)17-16(19)14-8-7-13(23-2)9-15(14)24-17/h3-10H,1-2H3,(H,21,22)/b20-10+. The summed E-state index contributed by atoms with van der Waals surface area (Å²) in [5, 5.41) is 5.25. The average molecular weight is 359 g/mol. The topological polar surface area (TPSA) is 50.7 Å². The third-order valence-electron chi connectivity index (χ3n) is 3.50. The van der Waals surface area contributed by atoms with E-state index in [-0.39, 0.29) is 5.91 Å². The number of hydrazone groups is 1. The fourth-order valence-electron chi connectivity index (χ4n) is 2.19. The fraction of sp³-hybridized carbons (Fsp3) is 0.111. The molecule has 0 atom stereocenters. The predicted octanol–water partition coefficient (Wildman–Crippen LogP) is 4.64. The zero-order valence-corrected chi connectivity index (χ0v) is 14.7. The molecular weight excluding hydrogens is 344 g/mol. The molecule has 0 bridgehead atoms. The molecule has 0 aliphatic heterocycles. The highest BCUT2D eigenvalue weighted by Crippen LogP contribution is 2.37. The minimum atomic E-state index is -0.330. The Balaban J connectivity index is 1.78. The van der Waals surface area contributed by atoms with Crippen molar-refractivity contribution >= 4 is 45.1 Å². The molecule has 0 radical (unpaired) electrons. The van der Waals surface area contributed by atoms with Crippen molar-refractivity contribution < 1.29 is 9.53 Å². The van der Waals surface area contributed by atoms with Crippen LogP contribution in [0.2, 0.25) is 5.02 Å². The number of carbonyl (C=O) groups excluding carboxylic acids is 1. The van der Waals surface area contributed by atoms with E-state index in [9.17, 15) is 4.79 Å². The maximum absolute atomic E-state index is 12.3. The van der Waals surface area contributed by atoms with E-state index in [4.69, 9.17) is 16.3 Å². The zero-order chi connectivity index (χ0) is 17.1. The molecule has 3 aromatic rings. The molecule has 1 N–H and O–H groups in total. The second-order valence-electron chi connectivity index (χ2n) is 5.22. The number of hydrogen-bond acceptors (Lipinski definition) is 4. The van der Waals surface area contributed by atoms with Crippen LogP contribution in [0.5, 0.6) is 5.75 Å². The number of nitrogens with zero attached hydrogens (tertiary/aromatic N) is 1. The first-order chi connectivity index (χ1) is 11.6. The van der Waals surface area contributed by atoms with Gasteiger partial charge < -0.3 is 4.74 Å². The van der Waals surface area contributed by atoms with Gasteiger partial charge in [-0.3, -0.25) is 4.79 Å². The van der Waals surface area contributed by atoms with Crippen molar-refractivity contribution in [1.29, 1.82) is 0 Å². The SMILES string of the molecule is COc1ccc2c(Cl)c(C(=O)N/N=C/c3ccc(C)cc3)sc2c1. The summed E-state index contributed by atoms with van der Waals surface area (Å²) < 4.78 is 6.09. The number of ether oxygens (including phenoxy) is 1. The van der Waals surface area contributed by atoms with E-state index < -0.39 is 0 Å². The van der Waals surface area contributed by atoms with Gasteiger partial charge in [-0.25, -0.2) is 5.43 Å². The van der Waals surface area contributed by atoms with Gasteiger partial charge in [0.25, 0.3) is 5.91 Å². The van der Waals surface area contributed by atoms with Crippen LogP contribution in [0.3, 0.4) is 0 Å². The molecule has 3 rings (SSSR count). The molecule has 6 heteroatoms. The van der Waals surface area contributed by atoms with Gasteiger partial charge in [0.05, 0.1) is 18.3 Å². The molecule has 0 unspecified atom stereocenters. The van der Waals surface area contributed by atoms with Gasteiger partial charge in [-0.05, 0) is 30.7 Å². The summed E-state index contributed by atoms with van der Waals surface area (Å²) in [6, 6.07) is 13.4. The maximum Gasteiger partial charge on any atom is 0.283 e. The van der Waals surface area contributed by atoms with Crippen LogP contribution < -0.4 is 10.2 Å². The normalized spacial score (nSPS) is 11.1. The van der Waals surface area contributed by atoms with E-state index in [1.165, 1.54) is 16.9 Å². The number of carbonyl (C=O) groups is 1. The summed E-state index contributed by atoms with van der Waals surface area (Å²) in [7, 11) is 1.60. The number of amides is 1. The van der Waals surface area contributed by atoms with Gasteiger partial charge in [0.2, 0.25) is 0 Å². The van der Waals surface area contributed by atoms with Crippen molar-refractivity contribution in [3.8, 4) is 5.75 Å². The van der Waals surface area contributed by atoms with Gasteiger partial charge >= 0.3 is 0 Å². The summed E-state index contributed by atoms with van der Waals surface area (Å²) in [6.07, 6.45) is 1.60. The van der Waals surface area contributed by atoms with E-state index >= 15 is 0 Å². The Bertz CT molecular complexity index is 917. The van der Waals surface area contributed by atoms with Crippen LogP contribution in [-0.2, 0) is 0 Å². The first kappa shape index (κ1) is 16.5. The monoisotopic (exact) mass is 358 g/mol. The number of rotatable bonds is 4. The minimum Gasteiger partial charge on any atom is -0.497 e. The maximum atomic E-state index is 12.3. The van der Waals surface area contributed by atoms with E-state index in [0.29, 0.717) is 9.90 Å². The lowest BCUT2D eigenvalue weighted by atomic mass is 10.2. The van der Waals surface area contributed by atoms with Gasteiger partial charge in [0, 0.05) is 10.1 Å². The summed E-state index contributed by atoms with van der Waals surface area (Å²) in [6.45, 7) is 2.02. The Morgan fingerprint density at radius 3 is 2.71 bits per heavy atom. The Hall–Kier alpha value is -2.37. The summed E-state index contributed by atoms with van der Waals surface area (Å²) >= 11 is 7.63. The second-order valence-corrected chi connectivity index (χ2v) is 6.65. The number of aryl methyl sites for hydroxylation is 1. The largest absolute Gasteiger partial charge is 0.497 e. The van der Waals surface area contributed by atoms with Crippen molar-refractivity contribution in [2.75, 3.05) is 7.11 Å². The van der Waals surface area contributed by atoms with Crippen molar-refractivity contribution in [3.63, 3.8) is 0 Å². The molecule has 0 saturated heterocycles. The Morgan fingerprint density at radius 1 is 1.25 bits per heavy atom. The highest BCUT2D eigenvalue weighted by Gasteiger charge is 2.17. The first-order valence-corrected chi connectivity index (χ1v) is 8.44. The molecule has 0 saturated carbocycles. The number of halogens is 1. The van der Waals surface area contributed by atoms with Crippen molar-refractivity contribution in [3.05, 3.63) is 63.5 Å².